The van der Waals surface area contributed by atoms with Crippen LogP contribution in [-0.4, -0.2) is 8.32 Å². The Kier molecular flexibility index (Phi) is 4.12. The van der Waals surface area contributed by atoms with Gasteiger partial charge in [0.1, 0.15) is 6.07 Å². The van der Waals surface area contributed by atoms with Crippen molar-refractivity contribution in [2.45, 2.75) is 50.9 Å². The predicted octanol–water partition coefficient (Wildman–Crippen LogP) is 4.45. The first kappa shape index (κ1) is 14.3. The molecule has 0 unspecified atom stereocenters. The second-order valence-electron chi connectivity index (χ2n) is 6.41. The van der Waals surface area contributed by atoms with Crippen molar-refractivity contribution in [1.82, 2.24) is 0 Å². The molecular weight excluding hydrogens is 250 g/mol. The molecule has 1 aliphatic rings. The molecule has 2 rings (SSSR count). The molecule has 0 radical (unpaired) electrons. The van der Waals surface area contributed by atoms with Gasteiger partial charge >= 0.3 is 0 Å². The number of hydrogen-bond donors (Lipinski definition) is 0. The smallest absolute Gasteiger partial charge is 0.186 e. The largest absolute Gasteiger partial charge is 0.396 e. The Labute approximate surface area is 117 Å². The lowest BCUT2D eigenvalue weighted by Crippen LogP contribution is -2.44. The normalized spacial score (nSPS) is 19.9. The van der Waals surface area contributed by atoms with Gasteiger partial charge in [0.05, 0.1) is 0 Å². The zero-order valence-corrected chi connectivity index (χ0v) is 13.1. The summed E-state index contributed by atoms with van der Waals surface area (Å²) in [4.78, 5) is 0. The fourth-order valence-electron chi connectivity index (χ4n) is 3.06. The first-order valence-corrected chi connectivity index (χ1v) is 10.6. The maximum absolute atomic E-state index is 9.90. The summed E-state index contributed by atoms with van der Waals surface area (Å²) >= 11 is 0. The van der Waals surface area contributed by atoms with Gasteiger partial charge in [-0.3, -0.25) is 0 Å². The van der Waals surface area contributed by atoms with Crippen LogP contribution in [-0.2, 0) is 10.0 Å². The molecule has 2 nitrogen and oxygen atoms in total. The van der Waals surface area contributed by atoms with Crippen LogP contribution in [0.15, 0.2) is 30.3 Å². The fraction of sp³-hybridized carbons (Fsp3) is 0.562. The summed E-state index contributed by atoms with van der Waals surface area (Å²) in [6.07, 6.45) is 4.64. The molecule has 1 aromatic carbocycles. The van der Waals surface area contributed by atoms with Gasteiger partial charge in [0.15, 0.2) is 13.9 Å². The van der Waals surface area contributed by atoms with Gasteiger partial charge in [-0.1, -0.05) is 43.2 Å². The molecule has 0 spiro atoms. The van der Waals surface area contributed by atoms with E-state index in [1.807, 2.05) is 30.3 Å². The van der Waals surface area contributed by atoms with Crippen LogP contribution in [0.1, 0.15) is 31.2 Å². The molecule has 0 aliphatic heterocycles. The van der Waals surface area contributed by atoms with Gasteiger partial charge in [0, 0.05) is 5.92 Å². The highest BCUT2D eigenvalue weighted by Gasteiger charge is 2.45. The Morgan fingerprint density at radius 2 is 1.74 bits per heavy atom. The zero-order chi connectivity index (χ0) is 13.9. The molecule has 102 valence electrons. The summed E-state index contributed by atoms with van der Waals surface area (Å²) in [6.45, 7) is 6.49. The lowest BCUT2D eigenvalue weighted by Gasteiger charge is -2.38. The molecule has 19 heavy (non-hydrogen) atoms. The molecule has 0 heterocycles. The van der Waals surface area contributed by atoms with Crippen molar-refractivity contribution in [3.8, 4) is 6.07 Å². The van der Waals surface area contributed by atoms with Crippen molar-refractivity contribution >= 4 is 8.32 Å². The Balaban J connectivity index is 2.44. The van der Waals surface area contributed by atoms with E-state index in [1.165, 1.54) is 12.8 Å². The Bertz CT molecular complexity index is 454. The van der Waals surface area contributed by atoms with Crippen LogP contribution in [0.25, 0.3) is 0 Å². The van der Waals surface area contributed by atoms with E-state index in [2.05, 4.69) is 25.7 Å². The van der Waals surface area contributed by atoms with E-state index in [9.17, 15) is 5.26 Å². The minimum atomic E-state index is -1.79. The third-order valence-electron chi connectivity index (χ3n) is 3.77. The highest BCUT2D eigenvalue weighted by molar-refractivity contribution is 6.69. The Hall–Kier alpha value is -1.11. The highest BCUT2D eigenvalue weighted by Crippen LogP contribution is 2.44. The number of hydrogen-bond acceptors (Lipinski definition) is 2. The molecular formula is C16H23NOSi. The van der Waals surface area contributed by atoms with Crippen LogP contribution in [0.4, 0.5) is 0 Å². The molecule has 1 aromatic rings. The van der Waals surface area contributed by atoms with Crippen molar-refractivity contribution in [2.24, 2.45) is 5.92 Å². The zero-order valence-electron chi connectivity index (χ0n) is 12.1. The van der Waals surface area contributed by atoms with E-state index >= 15 is 0 Å². The van der Waals surface area contributed by atoms with Gasteiger partial charge in [0.25, 0.3) is 0 Å². The van der Waals surface area contributed by atoms with Gasteiger partial charge < -0.3 is 4.43 Å². The minimum absolute atomic E-state index is 0.339. The van der Waals surface area contributed by atoms with Crippen LogP contribution in [0, 0.1) is 17.2 Å². The van der Waals surface area contributed by atoms with E-state index < -0.39 is 13.9 Å². The molecule has 0 aromatic heterocycles. The van der Waals surface area contributed by atoms with E-state index in [0.717, 1.165) is 18.4 Å². The first-order chi connectivity index (χ1) is 8.98. The summed E-state index contributed by atoms with van der Waals surface area (Å²) in [6, 6.07) is 12.6. The Morgan fingerprint density at radius 3 is 2.21 bits per heavy atom. The van der Waals surface area contributed by atoms with E-state index in [-0.39, 0.29) is 0 Å². The predicted molar refractivity (Wildman–Crippen MR) is 80.1 cm³/mol. The maximum Gasteiger partial charge on any atom is 0.186 e. The van der Waals surface area contributed by atoms with Crippen molar-refractivity contribution in [3.63, 3.8) is 0 Å². The third-order valence-corrected chi connectivity index (χ3v) is 4.70. The van der Waals surface area contributed by atoms with Crippen LogP contribution in [0.2, 0.25) is 19.6 Å². The molecule has 1 aliphatic carbocycles. The van der Waals surface area contributed by atoms with E-state index in [1.54, 1.807) is 0 Å². The molecule has 1 saturated carbocycles. The van der Waals surface area contributed by atoms with Gasteiger partial charge in [0.2, 0.25) is 0 Å². The third kappa shape index (κ3) is 3.07. The van der Waals surface area contributed by atoms with Crippen molar-refractivity contribution in [1.29, 1.82) is 5.26 Å². The number of nitriles is 1. The molecule has 1 fully saturated rings. The van der Waals surface area contributed by atoms with Crippen LogP contribution in [0.3, 0.4) is 0 Å². The average Bonchev–Trinajstić information content (AvgIpc) is 2.90. The number of benzene rings is 1. The molecule has 0 amide bonds. The van der Waals surface area contributed by atoms with Gasteiger partial charge in [-0.15, -0.1) is 0 Å². The highest BCUT2D eigenvalue weighted by atomic mass is 28.4. The maximum atomic E-state index is 9.90. The Morgan fingerprint density at radius 1 is 1.16 bits per heavy atom. The van der Waals surface area contributed by atoms with Gasteiger partial charge in [-0.2, -0.15) is 5.26 Å². The summed E-state index contributed by atoms with van der Waals surface area (Å²) in [7, 11) is -1.79. The molecule has 0 bridgehead atoms. The fourth-order valence-corrected chi connectivity index (χ4v) is 4.35. The average molecular weight is 273 g/mol. The lowest BCUT2D eigenvalue weighted by molar-refractivity contribution is 0.0540. The molecule has 3 heteroatoms. The quantitative estimate of drug-likeness (QED) is 0.759. The monoisotopic (exact) mass is 273 g/mol. The summed E-state index contributed by atoms with van der Waals surface area (Å²) in [5, 5.41) is 9.90. The SMILES string of the molecule is C[Si](C)(C)O[C@](C#N)(c1ccccc1)C1CCCC1. The molecule has 1 atom stereocenters. The van der Waals surface area contributed by atoms with Crippen LogP contribution in [0.5, 0.6) is 0 Å². The van der Waals surface area contributed by atoms with Crippen molar-refractivity contribution in [2.75, 3.05) is 0 Å². The summed E-state index contributed by atoms with van der Waals surface area (Å²) in [5.74, 6) is 0.339. The second kappa shape index (κ2) is 5.48. The second-order valence-corrected chi connectivity index (χ2v) is 10.8. The van der Waals surface area contributed by atoms with Crippen LogP contribution < -0.4 is 0 Å². The van der Waals surface area contributed by atoms with Gasteiger partial charge in [-0.25, -0.2) is 0 Å². The minimum Gasteiger partial charge on any atom is -0.396 e. The van der Waals surface area contributed by atoms with Crippen LogP contribution >= 0.6 is 0 Å². The number of rotatable bonds is 4. The standard InChI is InChI=1S/C16H23NOSi/c1-19(2,3)18-16(13-17,15-11-7-8-12-15)14-9-5-4-6-10-14/h4-6,9-10,15H,7-8,11-12H2,1-3H3/t16-/m1/s1. The summed E-state index contributed by atoms with van der Waals surface area (Å²) in [5.41, 5.74) is 0.300. The van der Waals surface area contributed by atoms with E-state index in [4.69, 9.17) is 4.43 Å². The first-order valence-electron chi connectivity index (χ1n) is 7.15. The lowest BCUT2D eigenvalue weighted by atomic mass is 9.81. The molecule has 0 saturated heterocycles. The molecule has 0 N–H and O–H groups in total. The summed E-state index contributed by atoms with van der Waals surface area (Å²) < 4.78 is 6.42. The van der Waals surface area contributed by atoms with E-state index in [0.29, 0.717) is 5.92 Å². The topological polar surface area (TPSA) is 33.0 Å². The van der Waals surface area contributed by atoms with Crippen molar-refractivity contribution in [3.05, 3.63) is 35.9 Å². The number of nitrogens with zero attached hydrogens (tertiary/aromatic N) is 1. The van der Waals surface area contributed by atoms with Crippen molar-refractivity contribution < 1.29 is 4.43 Å². The van der Waals surface area contributed by atoms with Gasteiger partial charge in [-0.05, 0) is 38.0 Å².